The van der Waals surface area contributed by atoms with Crippen molar-refractivity contribution in [3.8, 4) is 0 Å². The maximum absolute atomic E-state index is 12.8. The molecule has 0 unspecified atom stereocenters. The third kappa shape index (κ3) is 3.35. The molecular formula is C15H25N3O3S. The van der Waals surface area contributed by atoms with Crippen molar-refractivity contribution in [2.75, 3.05) is 13.6 Å². The number of hydrogen-bond acceptors (Lipinski definition) is 3. The number of likely N-dealkylation sites (tertiary alicyclic amines) is 1. The number of hydrogen-bond donors (Lipinski definition) is 1. The van der Waals surface area contributed by atoms with Gasteiger partial charge in [0.1, 0.15) is 10.6 Å². The van der Waals surface area contributed by atoms with Crippen molar-refractivity contribution < 1.29 is 13.2 Å². The SMILES string of the molecule is CNS(=O)(=O)c1cc(C(=O)N2C[C@H](C)CCC[C@H]2C)n(C)c1. The molecule has 0 saturated carbocycles. The van der Waals surface area contributed by atoms with Crippen LogP contribution in [0.2, 0.25) is 0 Å². The molecule has 0 bridgehead atoms. The highest BCUT2D eigenvalue weighted by molar-refractivity contribution is 7.89. The summed E-state index contributed by atoms with van der Waals surface area (Å²) < 4.78 is 27.6. The molecule has 6 nitrogen and oxygen atoms in total. The largest absolute Gasteiger partial charge is 0.345 e. The first-order valence-electron chi connectivity index (χ1n) is 7.67. The van der Waals surface area contributed by atoms with Crippen LogP contribution in [0.1, 0.15) is 43.6 Å². The van der Waals surface area contributed by atoms with Gasteiger partial charge in [-0.2, -0.15) is 0 Å². The van der Waals surface area contributed by atoms with Crippen LogP contribution < -0.4 is 4.72 Å². The number of nitrogens with zero attached hydrogens (tertiary/aromatic N) is 2. The van der Waals surface area contributed by atoms with Crippen molar-refractivity contribution >= 4 is 15.9 Å². The maximum atomic E-state index is 12.8. The minimum absolute atomic E-state index is 0.0960. The van der Waals surface area contributed by atoms with Gasteiger partial charge in [-0.05, 0) is 38.8 Å². The third-order valence-corrected chi connectivity index (χ3v) is 5.78. The van der Waals surface area contributed by atoms with Crippen LogP contribution in [-0.4, -0.2) is 43.4 Å². The van der Waals surface area contributed by atoms with E-state index < -0.39 is 10.0 Å². The molecule has 2 rings (SSSR count). The van der Waals surface area contributed by atoms with Crippen LogP contribution in [0.5, 0.6) is 0 Å². The molecule has 2 heterocycles. The number of nitrogens with one attached hydrogen (secondary N) is 1. The second kappa shape index (κ2) is 6.42. The normalized spacial score (nSPS) is 23.4. The number of rotatable bonds is 3. The monoisotopic (exact) mass is 327 g/mol. The van der Waals surface area contributed by atoms with Crippen molar-refractivity contribution in [2.45, 2.75) is 44.0 Å². The van der Waals surface area contributed by atoms with E-state index in [1.54, 1.807) is 11.6 Å². The summed E-state index contributed by atoms with van der Waals surface area (Å²) in [6, 6.07) is 1.63. The zero-order chi connectivity index (χ0) is 16.5. The quantitative estimate of drug-likeness (QED) is 0.916. The highest BCUT2D eigenvalue weighted by atomic mass is 32.2. The van der Waals surface area contributed by atoms with Gasteiger partial charge < -0.3 is 9.47 Å². The predicted octanol–water partition coefficient (Wildman–Crippen LogP) is 1.58. The van der Waals surface area contributed by atoms with Gasteiger partial charge in [0, 0.05) is 25.8 Å². The van der Waals surface area contributed by atoms with E-state index in [1.807, 2.05) is 4.90 Å². The molecule has 22 heavy (non-hydrogen) atoms. The molecule has 1 amide bonds. The Balaban J connectivity index is 2.33. The average molecular weight is 327 g/mol. The van der Waals surface area contributed by atoms with Crippen LogP contribution in [0.15, 0.2) is 17.2 Å². The van der Waals surface area contributed by atoms with E-state index in [1.165, 1.54) is 19.3 Å². The number of sulfonamides is 1. The first kappa shape index (κ1) is 17.0. The second-order valence-corrected chi connectivity index (χ2v) is 8.11. The molecule has 0 aromatic carbocycles. The Kier molecular flexibility index (Phi) is 4.97. The van der Waals surface area contributed by atoms with Crippen LogP contribution in [-0.2, 0) is 17.1 Å². The number of aryl methyl sites for hydroxylation is 1. The Labute approximate surface area is 132 Å². The molecule has 1 saturated heterocycles. The molecule has 1 aliphatic heterocycles. The lowest BCUT2D eigenvalue weighted by molar-refractivity contribution is 0.0667. The topological polar surface area (TPSA) is 71.4 Å². The Bertz CT molecular complexity index is 651. The van der Waals surface area contributed by atoms with Crippen LogP contribution in [0.25, 0.3) is 0 Å². The summed E-state index contributed by atoms with van der Waals surface area (Å²) in [6.45, 7) is 4.93. The van der Waals surface area contributed by atoms with Crippen LogP contribution in [0, 0.1) is 5.92 Å². The number of amides is 1. The van der Waals surface area contributed by atoms with Gasteiger partial charge in [0.25, 0.3) is 5.91 Å². The van der Waals surface area contributed by atoms with E-state index in [-0.39, 0.29) is 16.8 Å². The molecule has 0 aliphatic carbocycles. The van der Waals surface area contributed by atoms with Crippen LogP contribution in [0.3, 0.4) is 0 Å². The Morgan fingerprint density at radius 1 is 1.32 bits per heavy atom. The minimum atomic E-state index is -3.54. The fraction of sp³-hybridized carbons (Fsp3) is 0.667. The van der Waals surface area contributed by atoms with E-state index in [0.29, 0.717) is 11.6 Å². The fourth-order valence-electron chi connectivity index (χ4n) is 2.97. The van der Waals surface area contributed by atoms with Crippen molar-refractivity contribution in [3.05, 3.63) is 18.0 Å². The van der Waals surface area contributed by atoms with Gasteiger partial charge in [0.05, 0.1) is 0 Å². The summed E-state index contributed by atoms with van der Waals surface area (Å²) in [4.78, 5) is 14.8. The molecule has 2 atom stereocenters. The third-order valence-electron chi connectivity index (χ3n) is 4.40. The molecule has 1 aromatic heterocycles. The number of carbonyl (C=O) groups excluding carboxylic acids is 1. The minimum Gasteiger partial charge on any atom is -0.345 e. The van der Waals surface area contributed by atoms with Gasteiger partial charge in [0.2, 0.25) is 10.0 Å². The summed E-state index contributed by atoms with van der Waals surface area (Å²) in [5.74, 6) is 0.371. The maximum Gasteiger partial charge on any atom is 0.270 e. The molecule has 1 N–H and O–H groups in total. The van der Waals surface area contributed by atoms with E-state index in [9.17, 15) is 13.2 Å². The Morgan fingerprint density at radius 2 is 2.00 bits per heavy atom. The molecule has 0 radical (unpaired) electrons. The molecule has 124 valence electrons. The number of carbonyl (C=O) groups is 1. The first-order chi connectivity index (χ1) is 10.3. The van der Waals surface area contributed by atoms with Gasteiger partial charge in [-0.15, -0.1) is 0 Å². The summed E-state index contributed by atoms with van der Waals surface area (Å²) in [5, 5.41) is 0. The molecular weight excluding hydrogens is 302 g/mol. The van der Waals surface area contributed by atoms with Gasteiger partial charge in [-0.1, -0.05) is 13.3 Å². The standard InChI is InChI=1S/C15H25N3O3S/c1-11-6-5-7-12(2)18(9-11)15(19)14-8-13(10-17(14)4)22(20,21)16-3/h8,10-12,16H,5-7,9H2,1-4H3/t11-,12-/m1/s1. The van der Waals surface area contributed by atoms with E-state index in [2.05, 4.69) is 18.6 Å². The summed E-state index contributed by atoms with van der Waals surface area (Å²) in [7, 11) is -0.471. The van der Waals surface area contributed by atoms with Gasteiger partial charge >= 0.3 is 0 Å². The lowest BCUT2D eigenvalue weighted by Gasteiger charge is -2.28. The molecule has 1 aromatic rings. The summed E-state index contributed by atoms with van der Waals surface area (Å²) in [6.07, 6.45) is 4.71. The van der Waals surface area contributed by atoms with E-state index in [0.717, 1.165) is 25.8 Å². The average Bonchev–Trinajstić information content (AvgIpc) is 2.78. The van der Waals surface area contributed by atoms with Gasteiger partial charge in [-0.25, -0.2) is 13.1 Å². The van der Waals surface area contributed by atoms with Crippen LogP contribution in [0.4, 0.5) is 0 Å². The highest BCUT2D eigenvalue weighted by Crippen LogP contribution is 2.23. The molecule has 1 fully saturated rings. The first-order valence-corrected chi connectivity index (χ1v) is 9.15. The van der Waals surface area contributed by atoms with Crippen molar-refractivity contribution in [1.29, 1.82) is 0 Å². The van der Waals surface area contributed by atoms with Crippen molar-refractivity contribution in [3.63, 3.8) is 0 Å². The molecule has 7 heteroatoms. The van der Waals surface area contributed by atoms with Gasteiger partial charge in [0.15, 0.2) is 0 Å². The molecule has 0 spiro atoms. The predicted molar refractivity (Wildman–Crippen MR) is 85.2 cm³/mol. The second-order valence-electron chi connectivity index (χ2n) is 6.22. The lowest BCUT2D eigenvalue weighted by atomic mass is 10.1. The summed E-state index contributed by atoms with van der Waals surface area (Å²) in [5.41, 5.74) is 0.412. The van der Waals surface area contributed by atoms with Crippen molar-refractivity contribution in [1.82, 2.24) is 14.2 Å². The van der Waals surface area contributed by atoms with Gasteiger partial charge in [-0.3, -0.25) is 4.79 Å². The highest BCUT2D eigenvalue weighted by Gasteiger charge is 2.28. The van der Waals surface area contributed by atoms with E-state index >= 15 is 0 Å². The smallest absolute Gasteiger partial charge is 0.270 e. The lowest BCUT2D eigenvalue weighted by Crippen LogP contribution is -2.40. The fourth-order valence-corrected chi connectivity index (χ4v) is 3.77. The zero-order valence-electron chi connectivity index (χ0n) is 13.7. The van der Waals surface area contributed by atoms with Crippen LogP contribution >= 0.6 is 0 Å². The number of aromatic nitrogens is 1. The molecule has 1 aliphatic rings. The Morgan fingerprint density at radius 3 is 2.64 bits per heavy atom. The zero-order valence-corrected chi connectivity index (χ0v) is 14.5. The summed E-state index contributed by atoms with van der Waals surface area (Å²) >= 11 is 0. The van der Waals surface area contributed by atoms with E-state index in [4.69, 9.17) is 0 Å². The van der Waals surface area contributed by atoms with Crippen molar-refractivity contribution in [2.24, 2.45) is 13.0 Å². The Hall–Kier alpha value is -1.34.